The van der Waals surface area contributed by atoms with Crippen molar-refractivity contribution in [2.75, 3.05) is 6.54 Å². The van der Waals surface area contributed by atoms with E-state index in [0.29, 0.717) is 13.0 Å². The molecule has 0 saturated carbocycles. The SMILES string of the molecule is Cn1cnnc1CCNC(C(=O)O)c1ccccc1. The van der Waals surface area contributed by atoms with Crippen LogP contribution >= 0.6 is 0 Å². The van der Waals surface area contributed by atoms with Crippen molar-refractivity contribution in [3.05, 3.63) is 48.0 Å². The maximum atomic E-state index is 11.3. The number of carboxylic acids is 1. The van der Waals surface area contributed by atoms with Crippen LogP contribution in [0.1, 0.15) is 17.4 Å². The maximum absolute atomic E-state index is 11.3. The number of aryl methyl sites for hydroxylation is 1. The maximum Gasteiger partial charge on any atom is 0.325 e. The standard InChI is InChI=1S/C13H16N4O2/c1-17-9-15-16-11(17)7-8-14-12(13(18)19)10-5-3-2-4-6-10/h2-6,9,12,14H,7-8H2,1H3,(H,18,19). The summed E-state index contributed by atoms with van der Waals surface area (Å²) in [6.07, 6.45) is 2.26. The number of rotatable bonds is 6. The summed E-state index contributed by atoms with van der Waals surface area (Å²) in [5.41, 5.74) is 0.743. The van der Waals surface area contributed by atoms with Gasteiger partial charge in [0.15, 0.2) is 0 Å². The molecule has 2 aromatic rings. The lowest BCUT2D eigenvalue weighted by Gasteiger charge is -2.14. The predicted octanol–water partition coefficient (Wildman–Crippen LogP) is 0.773. The molecular formula is C13H16N4O2. The van der Waals surface area contributed by atoms with Crippen LogP contribution in [-0.2, 0) is 18.3 Å². The van der Waals surface area contributed by atoms with E-state index in [9.17, 15) is 9.90 Å². The summed E-state index contributed by atoms with van der Waals surface area (Å²) in [6, 6.07) is 8.42. The molecule has 0 amide bonds. The summed E-state index contributed by atoms with van der Waals surface area (Å²) >= 11 is 0. The van der Waals surface area contributed by atoms with Gasteiger partial charge in [0.1, 0.15) is 18.2 Å². The molecule has 0 aliphatic rings. The number of carboxylic acid groups (broad SMARTS) is 1. The van der Waals surface area contributed by atoms with Gasteiger partial charge in [-0.2, -0.15) is 0 Å². The van der Waals surface area contributed by atoms with Gasteiger partial charge in [-0.15, -0.1) is 10.2 Å². The number of benzene rings is 1. The van der Waals surface area contributed by atoms with E-state index < -0.39 is 12.0 Å². The molecule has 1 aromatic heterocycles. The Morgan fingerprint density at radius 2 is 2.16 bits per heavy atom. The number of hydrogen-bond donors (Lipinski definition) is 2. The first-order valence-electron chi connectivity index (χ1n) is 6.02. The third-order valence-electron chi connectivity index (χ3n) is 2.88. The second kappa shape index (κ2) is 6.10. The summed E-state index contributed by atoms with van der Waals surface area (Å²) in [5, 5.41) is 20.0. The number of carbonyl (C=O) groups is 1. The minimum Gasteiger partial charge on any atom is -0.480 e. The zero-order valence-electron chi connectivity index (χ0n) is 10.7. The van der Waals surface area contributed by atoms with E-state index in [-0.39, 0.29) is 0 Å². The van der Waals surface area contributed by atoms with Crippen LogP contribution in [0.15, 0.2) is 36.7 Å². The Kier molecular flexibility index (Phi) is 4.25. The van der Waals surface area contributed by atoms with E-state index in [1.165, 1.54) is 0 Å². The lowest BCUT2D eigenvalue weighted by atomic mass is 10.1. The second-order valence-electron chi connectivity index (χ2n) is 4.24. The summed E-state index contributed by atoms with van der Waals surface area (Å²) in [6.45, 7) is 0.526. The van der Waals surface area contributed by atoms with Gasteiger partial charge in [0.05, 0.1) is 0 Å². The average Bonchev–Trinajstić information content (AvgIpc) is 2.81. The van der Waals surface area contributed by atoms with Gasteiger partial charge >= 0.3 is 5.97 Å². The Morgan fingerprint density at radius 1 is 1.42 bits per heavy atom. The van der Waals surface area contributed by atoms with E-state index in [4.69, 9.17) is 0 Å². The molecule has 2 N–H and O–H groups in total. The number of nitrogens with one attached hydrogen (secondary N) is 1. The van der Waals surface area contributed by atoms with E-state index in [0.717, 1.165) is 11.4 Å². The highest BCUT2D eigenvalue weighted by atomic mass is 16.4. The molecule has 6 nitrogen and oxygen atoms in total. The van der Waals surface area contributed by atoms with Crippen molar-refractivity contribution in [2.24, 2.45) is 7.05 Å². The highest BCUT2D eigenvalue weighted by Gasteiger charge is 2.18. The molecule has 1 heterocycles. The van der Waals surface area contributed by atoms with Gasteiger partial charge in [-0.3, -0.25) is 4.79 Å². The van der Waals surface area contributed by atoms with Gasteiger partial charge in [0.2, 0.25) is 0 Å². The van der Waals surface area contributed by atoms with E-state index >= 15 is 0 Å². The zero-order valence-corrected chi connectivity index (χ0v) is 10.7. The Hall–Kier alpha value is -2.21. The normalized spacial score (nSPS) is 12.3. The second-order valence-corrected chi connectivity index (χ2v) is 4.24. The van der Waals surface area contributed by atoms with Crippen molar-refractivity contribution in [2.45, 2.75) is 12.5 Å². The molecule has 1 atom stereocenters. The number of nitrogens with zero attached hydrogens (tertiary/aromatic N) is 3. The molecule has 1 aromatic carbocycles. The van der Waals surface area contributed by atoms with Crippen molar-refractivity contribution < 1.29 is 9.90 Å². The van der Waals surface area contributed by atoms with Crippen LogP contribution in [0.4, 0.5) is 0 Å². The van der Waals surface area contributed by atoms with Gasteiger partial charge in [-0.05, 0) is 5.56 Å². The van der Waals surface area contributed by atoms with Gasteiger partial charge in [-0.25, -0.2) is 0 Å². The first-order chi connectivity index (χ1) is 9.18. The summed E-state index contributed by atoms with van der Waals surface area (Å²) in [4.78, 5) is 11.3. The van der Waals surface area contributed by atoms with E-state index in [2.05, 4.69) is 15.5 Å². The quantitative estimate of drug-likeness (QED) is 0.802. The highest BCUT2D eigenvalue weighted by molar-refractivity contribution is 5.75. The zero-order chi connectivity index (χ0) is 13.7. The van der Waals surface area contributed by atoms with E-state index in [1.807, 2.05) is 29.8 Å². The van der Waals surface area contributed by atoms with E-state index in [1.54, 1.807) is 18.5 Å². The van der Waals surface area contributed by atoms with Crippen molar-refractivity contribution in [3.8, 4) is 0 Å². The summed E-state index contributed by atoms with van der Waals surface area (Å²) in [7, 11) is 1.86. The van der Waals surface area contributed by atoms with Crippen LogP contribution in [0.3, 0.4) is 0 Å². The number of aromatic nitrogens is 3. The summed E-state index contributed by atoms with van der Waals surface area (Å²) in [5.74, 6) is -0.0612. The molecule has 0 spiro atoms. The largest absolute Gasteiger partial charge is 0.480 e. The lowest BCUT2D eigenvalue weighted by Crippen LogP contribution is -2.30. The smallest absolute Gasteiger partial charge is 0.325 e. The average molecular weight is 260 g/mol. The Labute approximate surface area is 111 Å². The Bertz CT molecular complexity index is 539. The minimum atomic E-state index is -0.885. The van der Waals surface area contributed by atoms with Gasteiger partial charge < -0.3 is 15.0 Å². The highest BCUT2D eigenvalue weighted by Crippen LogP contribution is 2.12. The fourth-order valence-electron chi connectivity index (χ4n) is 1.86. The molecular weight excluding hydrogens is 244 g/mol. The molecule has 0 aliphatic heterocycles. The minimum absolute atomic E-state index is 0.526. The summed E-state index contributed by atoms with van der Waals surface area (Å²) < 4.78 is 1.82. The fourth-order valence-corrected chi connectivity index (χ4v) is 1.86. The van der Waals surface area contributed by atoms with Crippen LogP contribution in [0, 0.1) is 0 Å². The molecule has 100 valence electrons. The Morgan fingerprint density at radius 3 is 2.74 bits per heavy atom. The van der Waals surface area contributed by atoms with Crippen molar-refractivity contribution in [3.63, 3.8) is 0 Å². The lowest BCUT2D eigenvalue weighted by molar-refractivity contribution is -0.139. The van der Waals surface area contributed by atoms with Gasteiger partial charge in [-0.1, -0.05) is 30.3 Å². The molecule has 2 rings (SSSR count). The monoisotopic (exact) mass is 260 g/mol. The molecule has 0 radical (unpaired) electrons. The predicted molar refractivity (Wildman–Crippen MR) is 69.5 cm³/mol. The molecule has 0 saturated heterocycles. The van der Waals surface area contributed by atoms with Gasteiger partial charge in [0.25, 0.3) is 0 Å². The molecule has 6 heteroatoms. The van der Waals surface area contributed by atoms with Crippen molar-refractivity contribution in [1.82, 2.24) is 20.1 Å². The van der Waals surface area contributed by atoms with Crippen LogP contribution < -0.4 is 5.32 Å². The number of hydrogen-bond acceptors (Lipinski definition) is 4. The molecule has 0 bridgehead atoms. The Balaban J connectivity index is 1.95. The number of aliphatic carboxylic acids is 1. The fraction of sp³-hybridized carbons (Fsp3) is 0.308. The van der Waals surface area contributed by atoms with Crippen molar-refractivity contribution >= 4 is 5.97 Å². The van der Waals surface area contributed by atoms with Crippen LogP contribution in [0.25, 0.3) is 0 Å². The molecule has 19 heavy (non-hydrogen) atoms. The van der Waals surface area contributed by atoms with Crippen molar-refractivity contribution in [1.29, 1.82) is 0 Å². The van der Waals surface area contributed by atoms with Gasteiger partial charge in [0, 0.05) is 20.0 Å². The molecule has 0 aliphatic carbocycles. The first-order valence-corrected chi connectivity index (χ1v) is 6.02. The molecule has 0 fully saturated rings. The third kappa shape index (κ3) is 3.38. The first kappa shape index (κ1) is 13.2. The van der Waals surface area contributed by atoms with Crippen LogP contribution in [-0.4, -0.2) is 32.4 Å². The topological polar surface area (TPSA) is 80.0 Å². The van der Waals surface area contributed by atoms with Crippen LogP contribution in [0.2, 0.25) is 0 Å². The molecule has 1 unspecified atom stereocenters. The van der Waals surface area contributed by atoms with Crippen LogP contribution in [0.5, 0.6) is 0 Å². The third-order valence-corrected chi connectivity index (χ3v) is 2.88.